The van der Waals surface area contributed by atoms with Crippen LogP contribution in [0.15, 0.2) is 92.0 Å². The second kappa shape index (κ2) is 36.7. The van der Waals surface area contributed by atoms with E-state index >= 15 is 0 Å². The number of aromatic nitrogens is 4. The van der Waals surface area contributed by atoms with E-state index in [1.807, 2.05) is 37.5 Å². The van der Waals surface area contributed by atoms with Gasteiger partial charge in [-0.1, -0.05) is 77.6 Å². The third-order valence-corrected chi connectivity index (χ3v) is 11.8. The van der Waals surface area contributed by atoms with Crippen LogP contribution in [0, 0.1) is 0 Å². The van der Waals surface area contributed by atoms with Crippen LogP contribution in [0.5, 0.6) is 0 Å². The van der Waals surface area contributed by atoms with Crippen molar-refractivity contribution < 1.29 is 48.0 Å². The van der Waals surface area contributed by atoms with Crippen molar-refractivity contribution in [2.75, 3.05) is 118 Å². The lowest BCUT2D eigenvalue weighted by molar-refractivity contribution is 0.0313. The minimum absolute atomic E-state index is 0.0610. The number of amides is 4. The van der Waals surface area contributed by atoms with E-state index in [1.54, 1.807) is 0 Å². The highest BCUT2D eigenvalue weighted by molar-refractivity contribution is 5.93. The van der Waals surface area contributed by atoms with Crippen molar-refractivity contribution in [1.29, 1.82) is 0 Å². The lowest BCUT2D eigenvalue weighted by Crippen LogP contribution is -2.43. The Balaban J connectivity index is 1.33. The van der Waals surface area contributed by atoms with E-state index in [2.05, 4.69) is 21.3 Å². The zero-order valence-corrected chi connectivity index (χ0v) is 45.7. The van der Waals surface area contributed by atoms with Gasteiger partial charge in [0.15, 0.2) is 0 Å². The van der Waals surface area contributed by atoms with Gasteiger partial charge < -0.3 is 50.1 Å². The highest BCUT2D eigenvalue weighted by atomic mass is 16.7. The van der Waals surface area contributed by atoms with Crippen LogP contribution < -0.4 is 62.9 Å². The largest absolute Gasteiger partial charge is 0.410 e. The zero-order valence-electron chi connectivity index (χ0n) is 45.7. The first-order valence-electron chi connectivity index (χ1n) is 27.1. The fourth-order valence-electron chi connectivity index (χ4n) is 7.36. The number of pyridine rings is 4. The molecule has 4 N–H and O–H groups in total. The van der Waals surface area contributed by atoms with E-state index in [9.17, 15) is 38.4 Å². The van der Waals surface area contributed by atoms with Crippen molar-refractivity contribution in [3.63, 3.8) is 0 Å². The molecule has 0 aliphatic heterocycles. The summed E-state index contributed by atoms with van der Waals surface area (Å²) in [7, 11) is 0. The van der Waals surface area contributed by atoms with E-state index in [0.717, 1.165) is 44.6 Å². The number of hydrogen-bond donors (Lipinski definition) is 4. The summed E-state index contributed by atoms with van der Waals surface area (Å²) < 4.78 is 15.9. The molecule has 0 unspecified atom stereocenters. The third-order valence-electron chi connectivity index (χ3n) is 11.8. The molecule has 0 radical (unpaired) electrons. The molecule has 0 aliphatic carbocycles. The van der Waals surface area contributed by atoms with Crippen LogP contribution in [0.3, 0.4) is 0 Å². The minimum atomic E-state index is -0.497. The molecule has 0 saturated heterocycles. The molecule has 0 bridgehead atoms. The van der Waals surface area contributed by atoms with Crippen LogP contribution in [0.4, 0.5) is 0 Å². The second-order valence-electron chi connectivity index (χ2n) is 17.9. The van der Waals surface area contributed by atoms with Crippen molar-refractivity contribution in [3.05, 3.63) is 137 Å². The Hall–Kier alpha value is -7.28. The van der Waals surface area contributed by atoms with Crippen LogP contribution in [-0.2, 0) is 9.47 Å². The van der Waals surface area contributed by atoms with Crippen molar-refractivity contribution in [2.24, 2.45) is 0 Å². The molecule has 430 valence electrons. The molecule has 4 amide bonds. The first-order chi connectivity index (χ1) is 37.9. The first-order valence-corrected chi connectivity index (χ1v) is 27.1. The average Bonchev–Trinajstić information content (AvgIpc) is 3.42. The van der Waals surface area contributed by atoms with E-state index < -0.39 is 45.9 Å². The average molecular weight is 1090 g/mol. The molecule has 78 heavy (non-hydrogen) atoms. The third kappa shape index (κ3) is 22.0. The van der Waals surface area contributed by atoms with E-state index in [1.165, 1.54) is 72.8 Å². The fraction of sp³-hybridized carbons (Fsp3) is 0.556. The summed E-state index contributed by atoms with van der Waals surface area (Å²) >= 11 is 0. The van der Waals surface area contributed by atoms with Crippen molar-refractivity contribution in [3.8, 4) is 0 Å². The fourth-order valence-corrected chi connectivity index (χ4v) is 7.36. The topological polar surface area (TPSA) is 266 Å². The lowest BCUT2D eigenvalue weighted by Gasteiger charge is -2.23. The maximum Gasteiger partial charge on any atom is 0.283 e. The smallest absolute Gasteiger partial charge is 0.283 e. The van der Waals surface area contributed by atoms with Gasteiger partial charge in [-0.2, -0.15) is 0 Å². The summed E-state index contributed by atoms with van der Waals surface area (Å²) in [6.45, 7) is 12.9. The minimum Gasteiger partial charge on any atom is -0.410 e. The molecule has 0 spiro atoms. The normalized spacial score (nSPS) is 11.1. The lowest BCUT2D eigenvalue weighted by atomic mass is 10.3. The molecule has 0 saturated carbocycles. The Morgan fingerprint density at radius 3 is 0.833 bits per heavy atom. The SMILES string of the molecule is CCCCOn1c(C(=O)NCCN(CCNC(=O)c2cccc(=O)n2OCCCC)CCOCCOCCN(CCNC(=O)c2cccc(=O)n2OCCCC)CCNC(=O)c2cccc(=O)n2OCCCC)cccc1=O. The summed E-state index contributed by atoms with van der Waals surface area (Å²) in [4.78, 5) is 130. The van der Waals surface area contributed by atoms with Crippen LogP contribution in [0.2, 0.25) is 0 Å². The van der Waals surface area contributed by atoms with Gasteiger partial charge in [-0.15, -0.1) is 18.9 Å². The molecule has 0 aliphatic rings. The number of unbranched alkanes of at least 4 members (excludes halogenated alkanes) is 4. The van der Waals surface area contributed by atoms with Crippen molar-refractivity contribution >= 4 is 23.6 Å². The number of rotatable bonds is 41. The Labute approximate surface area is 454 Å². The van der Waals surface area contributed by atoms with Gasteiger partial charge in [0.05, 0.1) is 26.4 Å². The Bertz CT molecular complexity index is 2340. The molecule has 4 rings (SSSR count). The Kier molecular flexibility index (Phi) is 29.8. The highest BCUT2D eigenvalue weighted by Gasteiger charge is 2.19. The van der Waals surface area contributed by atoms with Gasteiger partial charge >= 0.3 is 0 Å². The van der Waals surface area contributed by atoms with Crippen LogP contribution >= 0.6 is 0 Å². The van der Waals surface area contributed by atoms with Crippen LogP contribution in [-0.4, -0.2) is 171 Å². The van der Waals surface area contributed by atoms with Gasteiger partial charge in [-0.3, -0.25) is 48.2 Å². The summed E-state index contributed by atoms with van der Waals surface area (Å²) in [5.41, 5.74) is -1.61. The Morgan fingerprint density at radius 2 is 0.603 bits per heavy atom. The van der Waals surface area contributed by atoms with Gasteiger partial charge in [-0.05, 0) is 49.9 Å². The zero-order chi connectivity index (χ0) is 56.3. The maximum atomic E-state index is 13.3. The highest BCUT2D eigenvalue weighted by Crippen LogP contribution is 2.02. The van der Waals surface area contributed by atoms with E-state index in [4.69, 9.17) is 28.8 Å². The van der Waals surface area contributed by atoms with Crippen molar-refractivity contribution in [2.45, 2.75) is 79.1 Å². The van der Waals surface area contributed by atoms with Gasteiger partial charge in [-0.25, -0.2) is 0 Å². The predicted octanol–water partition coefficient (Wildman–Crippen LogP) is 0.905. The molecule has 0 atom stereocenters. The number of carbonyl (C=O) groups excluding carboxylic acids is 4. The molecule has 24 heteroatoms. The van der Waals surface area contributed by atoms with Gasteiger partial charge in [0.2, 0.25) is 0 Å². The second-order valence-corrected chi connectivity index (χ2v) is 17.9. The molecule has 4 aromatic rings. The standard InChI is InChI=1S/C54H80N10O14/c1-5-9-35-75-61-43(17-13-21-47(61)65)51(69)55-25-29-59(30-26-56-52(70)44-18-14-22-48(66)62(44)76-36-10-6-2)33-39-73-41-42-74-40-34-60(31-27-57-53(71)45-19-15-23-49(67)63(45)77-37-11-7-3)32-28-58-54(72)46-20-16-24-50(68)64(46)78-38-12-8-4/h13-24H,5-12,25-42H2,1-4H3,(H,55,69)(H,56,70)(H,57,71)(H,58,72). The molecule has 4 heterocycles. The number of nitrogens with one attached hydrogen (secondary N) is 4. The monoisotopic (exact) mass is 1090 g/mol. The van der Waals surface area contributed by atoms with Gasteiger partial charge in [0.25, 0.3) is 45.9 Å². The van der Waals surface area contributed by atoms with Crippen LogP contribution in [0.25, 0.3) is 0 Å². The number of hydrogen-bond acceptors (Lipinski definition) is 16. The van der Waals surface area contributed by atoms with E-state index in [-0.39, 0.29) is 102 Å². The molecule has 0 aromatic carbocycles. The quantitative estimate of drug-likeness (QED) is 0.0450. The van der Waals surface area contributed by atoms with Gasteiger partial charge in [0, 0.05) is 89.7 Å². The summed E-state index contributed by atoms with van der Waals surface area (Å²) in [5, 5.41) is 11.4. The van der Waals surface area contributed by atoms with Crippen molar-refractivity contribution in [1.82, 2.24) is 50.0 Å². The molecular weight excluding hydrogens is 1010 g/mol. The first kappa shape index (κ1) is 63.3. The number of carbonyl (C=O) groups is 4. The molecule has 24 nitrogen and oxygen atoms in total. The molecule has 0 fully saturated rings. The maximum absolute atomic E-state index is 13.3. The summed E-state index contributed by atoms with van der Waals surface area (Å²) in [5.74, 6) is -1.99. The predicted molar refractivity (Wildman–Crippen MR) is 292 cm³/mol. The summed E-state index contributed by atoms with van der Waals surface area (Å²) in [6, 6.07) is 17.3. The molecular formula is C54H80N10O14. The van der Waals surface area contributed by atoms with E-state index in [0.29, 0.717) is 65.0 Å². The number of ether oxygens (including phenoxy) is 2. The molecule has 4 aromatic heterocycles. The van der Waals surface area contributed by atoms with Crippen LogP contribution in [0.1, 0.15) is 121 Å². The summed E-state index contributed by atoms with van der Waals surface area (Å²) in [6.07, 6.45) is 6.21. The number of nitrogens with zero attached hydrogens (tertiary/aromatic N) is 6. The van der Waals surface area contributed by atoms with Gasteiger partial charge in [0.1, 0.15) is 49.2 Å². The Morgan fingerprint density at radius 1 is 0.359 bits per heavy atom.